The normalized spacial score (nSPS) is 11.2. The Morgan fingerprint density at radius 3 is 2.06 bits per heavy atom. The van der Waals surface area contributed by atoms with Crippen molar-refractivity contribution in [2.45, 2.75) is 0 Å². The Kier molecular flexibility index (Phi) is 6.28. The molecule has 0 bridgehead atoms. The van der Waals surface area contributed by atoms with Crippen LogP contribution >= 0.6 is 0 Å². The van der Waals surface area contributed by atoms with Crippen molar-refractivity contribution in [3.63, 3.8) is 0 Å². The molecule has 1 aromatic carbocycles. The molecule has 1 aromatic rings. The van der Waals surface area contributed by atoms with Crippen LogP contribution in [0.4, 0.5) is 5.69 Å². The molecule has 0 aliphatic rings. The minimum absolute atomic E-state index is 0. The van der Waals surface area contributed by atoms with Gasteiger partial charge < -0.3 is 9.45 Å². The number of hydrogen-bond acceptors (Lipinski definition) is 4. The van der Waals surface area contributed by atoms with E-state index in [0.717, 1.165) is 5.69 Å². The van der Waals surface area contributed by atoms with Crippen molar-refractivity contribution in [1.82, 2.24) is 0 Å². The van der Waals surface area contributed by atoms with E-state index in [1.54, 1.807) is 12.1 Å². The number of rotatable bonds is 3. The first-order chi connectivity index (χ1) is 6.88. The molecule has 6 heteroatoms. The average molecular weight is 249 g/mol. The monoisotopic (exact) mass is 249 g/mol. The molecule has 16 heavy (non-hydrogen) atoms. The topological polar surface area (TPSA) is 60.4 Å². The zero-order chi connectivity index (χ0) is 11.5. The van der Waals surface area contributed by atoms with Crippen LogP contribution in [0.2, 0.25) is 0 Å². The Bertz CT molecular complexity index is 451. The van der Waals surface area contributed by atoms with Gasteiger partial charge in [-0.1, -0.05) is 12.1 Å². The Hall–Kier alpha value is -0.330. The van der Waals surface area contributed by atoms with Crippen molar-refractivity contribution in [1.29, 1.82) is 0 Å². The van der Waals surface area contributed by atoms with E-state index in [2.05, 4.69) is 0 Å². The van der Waals surface area contributed by atoms with Crippen LogP contribution in [0, 0.1) is 0 Å². The Morgan fingerprint density at radius 1 is 1.19 bits per heavy atom. The summed E-state index contributed by atoms with van der Waals surface area (Å²) < 4.78 is 31.0. The van der Waals surface area contributed by atoms with Gasteiger partial charge in [-0.05, 0) is 23.8 Å². The summed E-state index contributed by atoms with van der Waals surface area (Å²) in [5.74, 6) is 0. The van der Waals surface area contributed by atoms with E-state index in [-0.39, 0.29) is 29.6 Å². The Morgan fingerprint density at radius 2 is 1.69 bits per heavy atom. The molecule has 1 rings (SSSR count). The summed E-state index contributed by atoms with van der Waals surface area (Å²) in [6, 6.07) is 7.18. The maximum absolute atomic E-state index is 10.3. The van der Waals surface area contributed by atoms with E-state index in [1.807, 2.05) is 31.1 Å². The molecule has 0 unspecified atom stereocenters. The van der Waals surface area contributed by atoms with Gasteiger partial charge in [0.25, 0.3) is 0 Å². The molecule has 0 aliphatic carbocycles. The third-order valence-electron chi connectivity index (χ3n) is 1.84. The zero-order valence-electron chi connectivity index (χ0n) is 9.54. The third kappa shape index (κ3) is 5.67. The molecule has 0 spiro atoms. The van der Waals surface area contributed by atoms with E-state index in [0.29, 0.717) is 11.0 Å². The molecule has 0 heterocycles. The molecule has 0 N–H and O–H groups in total. The molecule has 0 aromatic heterocycles. The van der Waals surface area contributed by atoms with Crippen molar-refractivity contribution in [3.8, 4) is 0 Å². The number of hydrogen-bond donors (Lipinski definition) is 0. The summed E-state index contributed by atoms with van der Waals surface area (Å²) in [7, 11) is -0.470. The van der Waals surface area contributed by atoms with Crippen molar-refractivity contribution in [3.05, 3.63) is 35.2 Å². The first kappa shape index (κ1) is 15.7. The maximum atomic E-state index is 10.3. The van der Waals surface area contributed by atoms with Crippen molar-refractivity contribution in [2.75, 3.05) is 19.0 Å². The summed E-state index contributed by atoms with van der Waals surface area (Å²) in [6.45, 7) is 0. The molecule has 0 aliphatic heterocycles. The quantitative estimate of drug-likeness (QED) is 0.472. The van der Waals surface area contributed by atoms with Crippen LogP contribution < -0.4 is 34.5 Å². The largest absolute Gasteiger partial charge is 1.00 e. The second kappa shape index (κ2) is 6.42. The van der Waals surface area contributed by atoms with Crippen LogP contribution in [-0.4, -0.2) is 27.1 Å². The fourth-order valence-corrected chi connectivity index (χ4v) is 1.37. The fourth-order valence-electron chi connectivity index (χ4n) is 1.05. The Labute approximate surface area is 118 Å². The minimum Gasteiger partial charge on any atom is -0.744 e. The molecule has 0 saturated carbocycles. The second-order valence-electron chi connectivity index (χ2n) is 3.28. The second-order valence-corrected chi connectivity index (χ2v) is 4.54. The third-order valence-corrected chi connectivity index (χ3v) is 2.31. The summed E-state index contributed by atoms with van der Waals surface area (Å²) in [4.78, 5) is 1.93. The van der Waals surface area contributed by atoms with Crippen LogP contribution in [-0.2, 0) is 10.1 Å². The van der Waals surface area contributed by atoms with Gasteiger partial charge in [0.1, 0.15) is 10.1 Å². The molecule has 4 nitrogen and oxygen atoms in total. The predicted molar refractivity (Wildman–Crippen MR) is 59.5 cm³/mol. The van der Waals surface area contributed by atoms with Crippen LogP contribution in [0.3, 0.4) is 0 Å². The van der Waals surface area contributed by atoms with Gasteiger partial charge in [0, 0.05) is 25.2 Å². The van der Waals surface area contributed by atoms with Gasteiger partial charge in [0.2, 0.25) is 0 Å². The van der Waals surface area contributed by atoms with Gasteiger partial charge >= 0.3 is 29.6 Å². The summed E-state index contributed by atoms with van der Waals surface area (Å²) in [5, 5.41) is 0.650. The first-order valence-electron chi connectivity index (χ1n) is 4.30. The van der Waals surface area contributed by atoms with Crippen LogP contribution in [0.1, 0.15) is 5.56 Å². The van der Waals surface area contributed by atoms with E-state index in [9.17, 15) is 13.0 Å². The predicted octanol–water partition coefficient (Wildman–Crippen LogP) is -1.73. The minimum atomic E-state index is -4.29. The first-order valence-corrected chi connectivity index (χ1v) is 5.77. The molecule has 0 amide bonds. The molecular weight excluding hydrogens is 237 g/mol. The number of benzene rings is 1. The standard InChI is InChI=1S/C10H13NO3S.Na/c1-11(2)10-5-3-9(4-6-10)7-8-15(12,13)14;/h3-8H,1-2H3,(H,12,13,14);/q;+1/p-1/b8-7+;. The summed E-state index contributed by atoms with van der Waals surface area (Å²) >= 11 is 0. The fraction of sp³-hybridized carbons (Fsp3) is 0.200. The molecule has 82 valence electrons. The van der Waals surface area contributed by atoms with Gasteiger partial charge in [-0.2, -0.15) is 0 Å². The Balaban J connectivity index is 0.00000225. The van der Waals surface area contributed by atoms with Gasteiger partial charge in [-0.3, -0.25) is 0 Å². The SMILES string of the molecule is CN(C)c1ccc(/C=C/S(=O)(=O)[O-])cc1.[Na+]. The van der Waals surface area contributed by atoms with E-state index in [1.165, 1.54) is 6.08 Å². The van der Waals surface area contributed by atoms with Crippen LogP contribution in [0.25, 0.3) is 6.08 Å². The molecular formula is C10H12NNaO3S. The number of nitrogens with zero attached hydrogens (tertiary/aromatic N) is 1. The molecule has 0 radical (unpaired) electrons. The van der Waals surface area contributed by atoms with Gasteiger partial charge in [0.05, 0.1) is 0 Å². The van der Waals surface area contributed by atoms with Gasteiger partial charge in [-0.15, -0.1) is 0 Å². The van der Waals surface area contributed by atoms with E-state index in [4.69, 9.17) is 0 Å². The van der Waals surface area contributed by atoms with Crippen LogP contribution in [0.15, 0.2) is 29.7 Å². The van der Waals surface area contributed by atoms with Gasteiger partial charge in [-0.25, -0.2) is 8.42 Å². The zero-order valence-corrected chi connectivity index (χ0v) is 12.4. The van der Waals surface area contributed by atoms with E-state index >= 15 is 0 Å². The number of anilines is 1. The molecule has 0 atom stereocenters. The van der Waals surface area contributed by atoms with Crippen molar-refractivity contribution >= 4 is 21.9 Å². The summed E-state index contributed by atoms with van der Waals surface area (Å²) in [6.07, 6.45) is 1.28. The van der Waals surface area contributed by atoms with E-state index < -0.39 is 10.1 Å². The van der Waals surface area contributed by atoms with Gasteiger partial charge in [0.15, 0.2) is 0 Å². The van der Waals surface area contributed by atoms with Crippen molar-refractivity contribution < 1.29 is 42.5 Å². The smallest absolute Gasteiger partial charge is 0.744 e. The van der Waals surface area contributed by atoms with Crippen LogP contribution in [0.5, 0.6) is 0 Å². The molecule has 0 saturated heterocycles. The maximum Gasteiger partial charge on any atom is 1.00 e. The van der Waals surface area contributed by atoms with Crippen molar-refractivity contribution in [2.24, 2.45) is 0 Å². The average Bonchev–Trinajstić information content (AvgIpc) is 2.14. The summed E-state index contributed by atoms with van der Waals surface area (Å²) in [5.41, 5.74) is 1.69. The molecule has 0 fully saturated rings.